The standard InChI is InChI=1S/C14H42O5Si6/c1-21(2,3)15-14(20,16-24(10,11)18-22(4,5)6)17-25(12,13)19-23(7,8)9/h1-13,20H3. The van der Waals surface area contributed by atoms with Crippen molar-refractivity contribution in [3.8, 4) is 0 Å². The summed E-state index contributed by atoms with van der Waals surface area (Å²) >= 11 is 0. The molecule has 0 spiro atoms. The summed E-state index contributed by atoms with van der Waals surface area (Å²) in [5.41, 5.74) is -0.991. The summed E-state index contributed by atoms with van der Waals surface area (Å²) < 4.78 is 32.2. The molecule has 5 nitrogen and oxygen atoms in total. The van der Waals surface area contributed by atoms with Crippen LogP contribution in [0.2, 0.25) is 85.1 Å². The minimum Gasteiger partial charge on any atom is -0.436 e. The highest BCUT2D eigenvalue weighted by Gasteiger charge is 2.47. The molecule has 0 unspecified atom stereocenters. The molecule has 0 rings (SSSR count). The molecular weight excluding hydrogens is 417 g/mol. The van der Waals surface area contributed by atoms with Crippen LogP contribution in [-0.4, -0.2) is 57.9 Å². The van der Waals surface area contributed by atoms with E-state index in [9.17, 15) is 0 Å². The van der Waals surface area contributed by atoms with Gasteiger partial charge in [0.2, 0.25) is 5.60 Å². The Kier molecular flexibility index (Phi) is 8.59. The molecule has 0 aliphatic heterocycles. The average Bonchev–Trinajstić information content (AvgIpc) is 1.97. The molecule has 0 atom stereocenters. The fourth-order valence-corrected chi connectivity index (χ4v) is 23.3. The molecule has 11 heteroatoms. The third-order valence-electron chi connectivity index (χ3n) is 2.46. The topological polar surface area (TPSA) is 46.2 Å². The van der Waals surface area contributed by atoms with E-state index in [4.69, 9.17) is 21.5 Å². The van der Waals surface area contributed by atoms with Crippen molar-refractivity contribution in [3.63, 3.8) is 0 Å². The highest BCUT2D eigenvalue weighted by Crippen LogP contribution is 2.30. The van der Waals surface area contributed by atoms with Gasteiger partial charge in [0.1, 0.15) is 10.2 Å². The first kappa shape index (κ1) is 26.1. The van der Waals surface area contributed by atoms with Crippen molar-refractivity contribution in [3.05, 3.63) is 0 Å². The normalized spacial score (nSPS) is 15.7. The Morgan fingerprint density at radius 1 is 0.480 bits per heavy atom. The van der Waals surface area contributed by atoms with Crippen LogP contribution in [-0.2, 0) is 21.5 Å². The highest BCUT2D eigenvalue weighted by atomic mass is 28.4. The van der Waals surface area contributed by atoms with Gasteiger partial charge in [-0.1, -0.05) is 0 Å². The molecule has 0 radical (unpaired) electrons. The van der Waals surface area contributed by atoms with Crippen LogP contribution in [0.5, 0.6) is 0 Å². The summed E-state index contributed by atoms with van der Waals surface area (Å²) in [6.45, 7) is 28.0. The first-order chi connectivity index (χ1) is 10.5. The monoisotopic (exact) mass is 458 g/mol. The van der Waals surface area contributed by atoms with Gasteiger partial charge in [-0.25, -0.2) is 0 Å². The van der Waals surface area contributed by atoms with Crippen molar-refractivity contribution in [1.29, 1.82) is 0 Å². The van der Waals surface area contributed by atoms with Crippen LogP contribution in [0.15, 0.2) is 0 Å². The second-order valence-electron chi connectivity index (χ2n) is 10.5. The van der Waals surface area contributed by atoms with E-state index in [1.54, 1.807) is 0 Å². The van der Waals surface area contributed by atoms with Crippen molar-refractivity contribution in [2.24, 2.45) is 0 Å². The second kappa shape index (κ2) is 8.23. The molecule has 0 aromatic carbocycles. The van der Waals surface area contributed by atoms with E-state index in [1.807, 2.05) is 0 Å². The Hall–Kier alpha value is 1.10. The van der Waals surface area contributed by atoms with E-state index in [2.05, 4.69) is 85.1 Å². The molecule has 0 saturated carbocycles. The molecule has 0 fully saturated rings. The molecule has 0 aromatic heterocycles. The predicted octanol–water partition coefficient (Wildman–Crippen LogP) is 3.95. The van der Waals surface area contributed by atoms with Gasteiger partial charge >= 0.3 is 17.1 Å². The van der Waals surface area contributed by atoms with E-state index >= 15 is 0 Å². The lowest BCUT2D eigenvalue weighted by molar-refractivity contribution is -0.213. The summed E-state index contributed by atoms with van der Waals surface area (Å²) in [6, 6.07) is 0. The fourth-order valence-electron chi connectivity index (χ4n) is 3.03. The van der Waals surface area contributed by atoms with Gasteiger partial charge in [0, 0.05) is 0 Å². The van der Waals surface area contributed by atoms with E-state index in [1.165, 1.54) is 0 Å². The van der Waals surface area contributed by atoms with Crippen LogP contribution in [0.1, 0.15) is 0 Å². The Labute approximate surface area is 164 Å². The third-order valence-corrected chi connectivity index (χ3v) is 15.8. The predicted molar refractivity (Wildman–Crippen MR) is 123 cm³/mol. The van der Waals surface area contributed by atoms with Crippen LogP contribution in [0, 0.1) is 0 Å². The van der Waals surface area contributed by atoms with Crippen molar-refractivity contribution >= 4 is 52.3 Å². The summed E-state index contributed by atoms with van der Waals surface area (Å²) in [6.07, 6.45) is 0. The van der Waals surface area contributed by atoms with Gasteiger partial charge in [-0.3, -0.25) is 0 Å². The van der Waals surface area contributed by atoms with Crippen molar-refractivity contribution in [1.82, 2.24) is 0 Å². The molecule has 0 saturated heterocycles. The zero-order chi connectivity index (χ0) is 20.5. The van der Waals surface area contributed by atoms with Gasteiger partial charge in [0.05, 0.1) is 0 Å². The van der Waals surface area contributed by atoms with Gasteiger partial charge < -0.3 is 21.5 Å². The second-order valence-corrected chi connectivity index (χ2v) is 32.3. The first-order valence-electron chi connectivity index (χ1n) is 9.04. The minimum atomic E-state index is -2.39. The lowest BCUT2D eigenvalue weighted by Crippen LogP contribution is -2.61. The van der Waals surface area contributed by atoms with Crippen molar-refractivity contribution in [2.75, 3.05) is 0 Å². The van der Waals surface area contributed by atoms with Crippen LogP contribution in [0.3, 0.4) is 0 Å². The quantitative estimate of drug-likeness (QED) is 0.366. The zero-order valence-electron chi connectivity index (χ0n) is 19.0. The van der Waals surface area contributed by atoms with Gasteiger partial charge in [0.15, 0.2) is 25.0 Å². The van der Waals surface area contributed by atoms with Crippen LogP contribution < -0.4 is 0 Å². The zero-order valence-corrected chi connectivity index (χ0v) is 26.0. The molecule has 0 bridgehead atoms. The molecule has 0 aliphatic carbocycles. The SMILES string of the molecule is C[Si](C)(C)OC([SiH3])(O[Si](C)(C)O[Si](C)(C)C)O[Si](C)(C)O[Si](C)(C)C. The van der Waals surface area contributed by atoms with Gasteiger partial charge in [-0.05, 0) is 85.1 Å². The Bertz CT molecular complexity index is 406. The van der Waals surface area contributed by atoms with Crippen molar-refractivity contribution in [2.45, 2.75) is 90.7 Å². The van der Waals surface area contributed by atoms with Crippen LogP contribution in [0.25, 0.3) is 0 Å². The number of rotatable bonds is 10. The summed E-state index contributed by atoms with van der Waals surface area (Å²) in [5, 5.41) is 0. The minimum absolute atomic E-state index is 0.602. The Morgan fingerprint density at radius 3 is 0.960 bits per heavy atom. The molecule has 0 amide bonds. The lowest BCUT2D eigenvalue weighted by Gasteiger charge is -2.46. The molecule has 0 N–H and O–H groups in total. The summed E-state index contributed by atoms with van der Waals surface area (Å²) in [4.78, 5) is 0. The third kappa shape index (κ3) is 13.8. The maximum Gasteiger partial charge on any atom is 0.325 e. The van der Waals surface area contributed by atoms with Gasteiger partial charge in [-0.2, -0.15) is 0 Å². The summed E-state index contributed by atoms with van der Waals surface area (Å²) in [5.74, 6) is 0. The largest absolute Gasteiger partial charge is 0.436 e. The molecule has 0 aromatic rings. The molecule has 152 valence electrons. The molecule has 0 aliphatic rings. The molecular formula is C14H42O5Si6. The summed E-state index contributed by atoms with van der Waals surface area (Å²) in [7, 11) is -9.46. The molecule has 25 heavy (non-hydrogen) atoms. The average molecular weight is 459 g/mol. The van der Waals surface area contributed by atoms with Crippen LogP contribution in [0.4, 0.5) is 0 Å². The number of hydrogen-bond acceptors (Lipinski definition) is 5. The van der Waals surface area contributed by atoms with Crippen LogP contribution >= 0.6 is 0 Å². The Morgan fingerprint density at radius 2 is 0.760 bits per heavy atom. The van der Waals surface area contributed by atoms with Gasteiger partial charge in [0.25, 0.3) is 0 Å². The van der Waals surface area contributed by atoms with E-state index in [0.717, 1.165) is 0 Å². The number of hydrogen-bond donors (Lipinski definition) is 0. The fraction of sp³-hybridized carbons (Fsp3) is 1.00. The van der Waals surface area contributed by atoms with E-state index in [0.29, 0.717) is 10.2 Å². The maximum atomic E-state index is 6.50. The smallest absolute Gasteiger partial charge is 0.325 e. The first-order valence-corrected chi connectivity index (χ1v) is 25.9. The van der Waals surface area contributed by atoms with E-state index < -0.39 is 47.7 Å². The Balaban J connectivity index is 5.52. The van der Waals surface area contributed by atoms with Crippen molar-refractivity contribution < 1.29 is 21.5 Å². The maximum absolute atomic E-state index is 6.50. The molecule has 0 heterocycles. The highest BCUT2D eigenvalue weighted by molar-refractivity contribution is 6.82. The van der Waals surface area contributed by atoms with E-state index in [-0.39, 0.29) is 0 Å². The lowest BCUT2D eigenvalue weighted by atomic mass is 11.3. The van der Waals surface area contributed by atoms with Gasteiger partial charge in [-0.15, -0.1) is 0 Å².